The van der Waals surface area contributed by atoms with Gasteiger partial charge in [0.25, 0.3) is 10.0 Å². The van der Waals surface area contributed by atoms with Crippen molar-refractivity contribution in [1.82, 2.24) is 23.8 Å². The number of amides is 1. The van der Waals surface area contributed by atoms with Crippen LogP contribution in [0.25, 0.3) is 22.4 Å². The molecule has 0 N–H and O–H groups in total. The highest BCUT2D eigenvalue weighted by molar-refractivity contribution is 7.90. The van der Waals surface area contributed by atoms with Gasteiger partial charge in [0, 0.05) is 42.4 Å². The maximum Gasteiger partial charge on any atom is 0.269 e. The number of likely N-dealkylation sites (tertiary alicyclic amines) is 1. The molecular weight excluding hydrogens is 553 g/mol. The quantitative estimate of drug-likeness (QED) is 0.296. The van der Waals surface area contributed by atoms with Crippen molar-refractivity contribution in [2.75, 3.05) is 6.54 Å². The fraction of sp³-hybridized carbons (Fsp3) is 0.379. The molecule has 4 aromatic rings. The summed E-state index contributed by atoms with van der Waals surface area (Å²) in [4.78, 5) is 27.5. The highest BCUT2D eigenvalue weighted by Crippen LogP contribution is 2.35. The fourth-order valence-electron chi connectivity index (χ4n) is 5.97. The van der Waals surface area contributed by atoms with Gasteiger partial charge in [0.2, 0.25) is 5.91 Å². The first kappa shape index (κ1) is 26.8. The van der Waals surface area contributed by atoms with Crippen molar-refractivity contribution in [2.45, 2.75) is 62.8 Å². The Labute approximate surface area is 237 Å². The summed E-state index contributed by atoms with van der Waals surface area (Å²) in [6.45, 7) is 2.68. The van der Waals surface area contributed by atoms with E-state index in [9.17, 15) is 13.2 Å². The number of fused-ring (bicyclic) bond motifs is 1. The third kappa shape index (κ3) is 4.99. The number of benzene rings is 1. The Bertz CT molecular complexity index is 1710. The lowest BCUT2D eigenvalue weighted by Crippen LogP contribution is -2.40. The molecule has 0 spiro atoms. The number of hydrogen-bond donors (Lipinski definition) is 0. The Morgan fingerprint density at radius 2 is 1.90 bits per heavy atom. The number of carbonyl (C=O) groups excluding carboxylic acids is 1. The van der Waals surface area contributed by atoms with E-state index in [2.05, 4.69) is 15.0 Å². The van der Waals surface area contributed by atoms with Crippen molar-refractivity contribution in [3.8, 4) is 11.4 Å². The summed E-state index contributed by atoms with van der Waals surface area (Å²) in [5, 5.41) is 0.775. The fourth-order valence-corrected chi connectivity index (χ4v) is 7.46. The molecule has 2 fully saturated rings. The van der Waals surface area contributed by atoms with Crippen molar-refractivity contribution in [3.05, 3.63) is 71.0 Å². The highest BCUT2D eigenvalue weighted by Gasteiger charge is 2.33. The summed E-state index contributed by atoms with van der Waals surface area (Å²) in [7, 11) is -3.99. The van der Waals surface area contributed by atoms with Crippen LogP contribution in [-0.2, 0) is 21.2 Å². The Kier molecular flexibility index (Phi) is 7.08. The van der Waals surface area contributed by atoms with E-state index in [-0.39, 0.29) is 39.9 Å². The zero-order chi connectivity index (χ0) is 28.0. The molecule has 1 saturated heterocycles. The van der Waals surface area contributed by atoms with Gasteiger partial charge in [0.1, 0.15) is 0 Å². The molecule has 0 bridgehead atoms. The third-order valence-corrected chi connectivity index (χ3v) is 9.87. The van der Waals surface area contributed by atoms with Crippen molar-refractivity contribution >= 4 is 38.6 Å². The van der Waals surface area contributed by atoms with Gasteiger partial charge in [-0.2, -0.15) is 0 Å². The first-order valence-corrected chi connectivity index (χ1v) is 15.3. The molecule has 1 saturated carbocycles. The van der Waals surface area contributed by atoms with Crippen molar-refractivity contribution < 1.29 is 17.6 Å². The Morgan fingerprint density at radius 1 is 1.10 bits per heavy atom. The van der Waals surface area contributed by atoms with E-state index in [1.54, 1.807) is 30.3 Å². The molecule has 208 valence electrons. The standard InChI is InChI=1S/C29H29ClFN5O3S/c1-18-7-9-22(10-8-18)40(38,39)36-17-24(23-14-20(30)15-33-29(23)36)28-32-16-25(31)26(34-28)13-19-4-2-5-21(12-19)35-11-3-6-27(35)37/h7-10,14-17,19,21H,2-6,11-13H2,1H3/t19-,21+/m0/s1. The van der Waals surface area contributed by atoms with Crippen LogP contribution in [0.3, 0.4) is 0 Å². The summed E-state index contributed by atoms with van der Waals surface area (Å²) < 4.78 is 43.3. The van der Waals surface area contributed by atoms with Gasteiger partial charge in [-0.15, -0.1) is 0 Å². The molecule has 8 nitrogen and oxygen atoms in total. The predicted molar refractivity (Wildman–Crippen MR) is 150 cm³/mol. The largest absolute Gasteiger partial charge is 0.340 e. The van der Waals surface area contributed by atoms with Gasteiger partial charge < -0.3 is 4.90 Å². The average Bonchev–Trinajstić information content (AvgIpc) is 3.54. The molecule has 1 aliphatic carbocycles. The molecule has 4 heterocycles. The SMILES string of the molecule is Cc1ccc(S(=O)(=O)n2cc(-c3ncc(F)c(C[C@H]4CCC[C@@H](N5CCCC5=O)C4)n3)c3cc(Cl)cnc32)cc1. The highest BCUT2D eigenvalue weighted by atomic mass is 35.5. The zero-order valence-electron chi connectivity index (χ0n) is 22.1. The molecule has 40 heavy (non-hydrogen) atoms. The van der Waals surface area contributed by atoms with Crippen molar-refractivity contribution in [3.63, 3.8) is 0 Å². The van der Waals surface area contributed by atoms with Gasteiger partial charge >= 0.3 is 0 Å². The Morgan fingerprint density at radius 3 is 2.65 bits per heavy atom. The van der Waals surface area contributed by atoms with Gasteiger partial charge in [-0.25, -0.2) is 31.7 Å². The predicted octanol–water partition coefficient (Wildman–Crippen LogP) is 5.55. The molecule has 0 unspecified atom stereocenters. The van der Waals surface area contributed by atoms with Crippen LogP contribution in [0, 0.1) is 18.7 Å². The number of halogens is 2. The van der Waals surface area contributed by atoms with Crippen molar-refractivity contribution in [1.29, 1.82) is 0 Å². The molecular formula is C29H29ClFN5O3S. The van der Waals surface area contributed by atoms with E-state index in [1.807, 2.05) is 11.8 Å². The monoisotopic (exact) mass is 581 g/mol. The molecule has 1 aliphatic heterocycles. The van der Waals surface area contributed by atoms with Crippen LogP contribution in [0.15, 0.2) is 53.8 Å². The van der Waals surface area contributed by atoms with E-state index in [1.165, 1.54) is 12.4 Å². The zero-order valence-corrected chi connectivity index (χ0v) is 23.6. The van der Waals surface area contributed by atoms with Gasteiger partial charge in [0.05, 0.1) is 21.8 Å². The maximum absolute atomic E-state index is 15.0. The minimum absolute atomic E-state index is 0.113. The van der Waals surface area contributed by atoms with Crippen molar-refractivity contribution in [2.24, 2.45) is 5.92 Å². The molecule has 0 radical (unpaired) electrons. The second-order valence-electron chi connectivity index (χ2n) is 10.8. The summed E-state index contributed by atoms with van der Waals surface area (Å²) in [5.41, 5.74) is 1.79. The second kappa shape index (κ2) is 10.6. The molecule has 3 aromatic heterocycles. The van der Waals surface area contributed by atoms with Crippen LogP contribution < -0.4 is 0 Å². The second-order valence-corrected chi connectivity index (χ2v) is 13.0. The average molecular weight is 582 g/mol. The van der Waals surface area contributed by atoms with E-state index in [0.29, 0.717) is 28.8 Å². The first-order chi connectivity index (χ1) is 19.2. The lowest BCUT2D eigenvalue weighted by molar-refractivity contribution is -0.130. The number of aryl methyl sites for hydroxylation is 1. The van der Waals surface area contributed by atoms with Crippen LogP contribution in [-0.4, -0.2) is 50.7 Å². The van der Waals surface area contributed by atoms with Crippen LogP contribution >= 0.6 is 11.6 Å². The Balaban J connectivity index is 1.35. The number of rotatable bonds is 6. The summed E-state index contributed by atoms with van der Waals surface area (Å²) in [6, 6.07) is 8.36. The summed E-state index contributed by atoms with van der Waals surface area (Å²) >= 11 is 6.25. The van der Waals surface area contributed by atoms with Crippen LogP contribution in [0.4, 0.5) is 4.39 Å². The maximum atomic E-state index is 15.0. The van der Waals surface area contributed by atoms with Gasteiger partial charge in [-0.1, -0.05) is 35.7 Å². The molecule has 6 rings (SSSR count). The van der Waals surface area contributed by atoms with E-state index in [0.717, 1.165) is 54.4 Å². The summed E-state index contributed by atoms with van der Waals surface area (Å²) in [6.07, 6.45) is 9.58. The topological polar surface area (TPSA) is 98.1 Å². The number of carbonyl (C=O) groups is 1. The van der Waals surface area contributed by atoms with Crippen LogP contribution in [0.1, 0.15) is 49.8 Å². The van der Waals surface area contributed by atoms with Gasteiger partial charge in [-0.05, 0) is 63.1 Å². The van der Waals surface area contributed by atoms with E-state index in [4.69, 9.17) is 11.6 Å². The van der Waals surface area contributed by atoms with E-state index < -0.39 is 15.8 Å². The molecule has 1 aromatic carbocycles. The van der Waals surface area contributed by atoms with Gasteiger partial charge in [-0.3, -0.25) is 4.79 Å². The van der Waals surface area contributed by atoms with E-state index >= 15 is 4.39 Å². The molecule has 2 atom stereocenters. The third-order valence-electron chi connectivity index (χ3n) is 8.00. The molecule has 11 heteroatoms. The first-order valence-electron chi connectivity index (χ1n) is 13.5. The minimum atomic E-state index is -3.99. The van der Waals surface area contributed by atoms with Crippen LogP contribution in [0.2, 0.25) is 5.02 Å². The molecule has 1 amide bonds. The number of hydrogen-bond acceptors (Lipinski definition) is 6. The minimum Gasteiger partial charge on any atom is -0.340 e. The van der Waals surface area contributed by atoms with Crippen LogP contribution in [0.5, 0.6) is 0 Å². The smallest absolute Gasteiger partial charge is 0.269 e. The lowest BCUT2D eigenvalue weighted by Gasteiger charge is -2.35. The normalized spacial score (nSPS) is 20.0. The number of aromatic nitrogens is 4. The number of pyridine rings is 1. The summed E-state index contributed by atoms with van der Waals surface area (Å²) in [5.74, 6) is 0.0925. The van der Waals surface area contributed by atoms with Gasteiger partial charge in [0.15, 0.2) is 17.3 Å². The Hall–Kier alpha value is -3.37. The number of nitrogens with zero attached hydrogens (tertiary/aromatic N) is 5. The lowest BCUT2D eigenvalue weighted by atomic mass is 9.82. The molecule has 2 aliphatic rings.